The van der Waals surface area contributed by atoms with Gasteiger partial charge in [-0.25, -0.2) is 14.8 Å². The highest BCUT2D eigenvalue weighted by Crippen LogP contribution is 2.13. The summed E-state index contributed by atoms with van der Waals surface area (Å²) in [6.45, 7) is 0. The van der Waals surface area contributed by atoms with Gasteiger partial charge in [0.1, 0.15) is 16.5 Å². The summed E-state index contributed by atoms with van der Waals surface area (Å²) < 4.78 is 4.45. The van der Waals surface area contributed by atoms with E-state index in [4.69, 9.17) is 23.2 Å². The van der Waals surface area contributed by atoms with E-state index in [2.05, 4.69) is 14.7 Å². The third-order valence-electron chi connectivity index (χ3n) is 1.32. The Morgan fingerprint density at radius 2 is 2.38 bits per heavy atom. The third kappa shape index (κ3) is 2.29. The van der Waals surface area contributed by atoms with Crippen molar-refractivity contribution in [2.45, 2.75) is 5.88 Å². The number of alkyl halides is 1. The standard InChI is InChI=1S/C7H6Cl2N2O2/c1-13-7(12)4-3-10-5(2-8)11-6(4)9/h3H,2H2,1H3. The molecule has 1 rings (SSSR count). The Balaban J connectivity index is 3.05. The van der Waals surface area contributed by atoms with Crippen molar-refractivity contribution in [2.24, 2.45) is 0 Å². The van der Waals surface area contributed by atoms with Gasteiger partial charge in [-0.2, -0.15) is 0 Å². The Labute approximate surface area is 84.8 Å². The summed E-state index contributed by atoms with van der Waals surface area (Å²) in [7, 11) is 1.26. The van der Waals surface area contributed by atoms with E-state index in [0.717, 1.165) is 0 Å². The average Bonchev–Trinajstić information content (AvgIpc) is 2.16. The Morgan fingerprint density at radius 1 is 1.69 bits per heavy atom. The topological polar surface area (TPSA) is 52.1 Å². The van der Waals surface area contributed by atoms with E-state index < -0.39 is 5.97 Å². The van der Waals surface area contributed by atoms with Crippen molar-refractivity contribution in [3.05, 3.63) is 22.7 Å². The minimum Gasteiger partial charge on any atom is -0.465 e. The molecule has 70 valence electrons. The molecule has 0 spiro atoms. The van der Waals surface area contributed by atoms with Crippen LogP contribution < -0.4 is 0 Å². The summed E-state index contributed by atoms with van der Waals surface area (Å²) in [5.41, 5.74) is 0.137. The molecule has 0 N–H and O–H groups in total. The lowest BCUT2D eigenvalue weighted by Gasteiger charge is -2.01. The molecule has 0 aromatic carbocycles. The molecule has 0 fully saturated rings. The van der Waals surface area contributed by atoms with Crippen molar-refractivity contribution < 1.29 is 9.53 Å². The molecule has 13 heavy (non-hydrogen) atoms. The van der Waals surface area contributed by atoms with E-state index in [1.54, 1.807) is 0 Å². The lowest BCUT2D eigenvalue weighted by atomic mass is 10.3. The van der Waals surface area contributed by atoms with Gasteiger partial charge in [0.05, 0.1) is 13.0 Å². The van der Waals surface area contributed by atoms with Gasteiger partial charge in [0.15, 0.2) is 0 Å². The summed E-state index contributed by atoms with van der Waals surface area (Å²) >= 11 is 11.1. The third-order valence-corrected chi connectivity index (χ3v) is 1.84. The zero-order valence-electron chi connectivity index (χ0n) is 6.75. The second kappa shape index (κ2) is 4.39. The quantitative estimate of drug-likeness (QED) is 0.433. The van der Waals surface area contributed by atoms with Gasteiger partial charge in [0, 0.05) is 6.20 Å². The Morgan fingerprint density at radius 3 is 2.85 bits per heavy atom. The molecule has 0 unspecified atom stereocenters. The fourth-order valence-electron chi connectivity index (χ4n) is 0.706. The predicted molar refractivity (Wildman–Crippen MR) is 47.9 cm³/mol. The Hall–Kier alpha value is -0.870. The summed E-state index contributed by atoms with van der Waals surface area (Å²) in [5.74, 6) is -0.0355. The average molecular weight is 221 g/mol. The molecule has 1 aromatic rings. The van der Waals surface area contributed by atoms with E-state index in [1.165, 1.54) is 13.3 Å². The van der Waals surface area contributed by atoms with Crippen LogP contribution in [0.25, 0.3) is 0 Å². The lowest BCUT2D eigenvalue weighted by Crippen LogP contribution is -2.05. The van der Waals surface area contributed by atoms with Gasteiger partial charge in [-0.05, 0) is 0 Å². The molecule has 4 nitrogen and oxygen atoms in total. The number of halogens is 2. The van der Waals surface area contributed by atoms with Gasteiger partial charge in [-0.15, -0.1) is 11.6 Å². The number of rotatable bonds is 2. The van der Waals surface area contributed by atoms with E-state index in [0.29, 0.717) is 5.82 Å². The zero-order valence-corrected chi connectivity index (χ0v) is 8.26. The van der Waals surface area contributed by atoms with Crippen LogP contribution in [0.4, 0.5) is 0 Å². The Kier molecular flexibility index (Phi) is 3.45. The van der Waals surface area contributed by atoms with Gasteiger partial charge < -0.3 is 4.74 Å². The fraction of sp³-hybridized carbons (Fsp3) is 0.286. The number of ether oxygens (including phenoxy) is 1. The zero-order chi connectivity index (χ0) is 9.84. The highest BCUT2D eigenvalue weighted by atomic mass is 35.5. The lowest BCUT2D eigenvalue weighted by molar-refractivity contribution is 0.0600. The minimum absolute atomic E-state index is 0.0532. The van der Waals surface area contributed by atoms with E-state index in [9.17, 15) is 4.79 Å². The van der Waals surface area contributed by atoms with Crippen LogP contribution in [0.3, 0.4) is 0 Å². The molecule has 0 aliphatic carbocycles. The van der Waals surface area contributed by atoms with Crippen LogP contribution in [0, 0.1) is 0 Å². The van der Waals surface area contributed by atoms with Crippen LogP contribution >= 0.6 is 23.2 Å². The van der Waals surface area contributed by atoms with Gasteiger partial charge in [-0.1, -0.05) is 11.6 Å². The molecule has 0 aliphatic heterocycles. The summed E-state index contributed by atoms with van der Waals surface area (Å²) in [6.07, 6.45) is 1.29. The molecule has 1 heterocycles. The number of hydrogen-bond donors (Lipinski definition) is 0. The molecule has 6 heteroatoms. The molecule has 0 amide bonds. The van der Waals surface area contributed by atoms with Crippen LogP contribution in [-0.4, -0.2) is 23.0 Å². The van der Waals surface area contributed by atoms with E-state index >= 15 is 0 Å². The highest BCUT2D eigenvalue weighted by molar-refractivity contribution is 6.32. The summed E-state index contributed by atoms with van der Waals surface area (Å²) in [6, 6.07) is 0. The van der Waals surface area contributed by atoms with Gasteiger partial charge >= 0.3 is 5.97 Å². The smallest absolute Gasteiger partial charge is 0.342 e. The molecule has 0 aliphatic rings. The van der Waals surface area contributed by atoms with E-state index in [1.807, 2.05) is 0 Å². The van der Waals surface area contributed by atoms with Crippen LogP contribution in [0.15, 0.2) is 6.20 Å². The second-order valence-electron chi connectivity index (χ2n) is 2.12. The predicted octanol–water partition coefficient (Wildman–Crippen LogP) is 1.66. The maximum atomic E-state index is 11.0. The van der Waals surface area contributed by atoms with Gasteiger partial charge in [0.25, 0.3) is 0 Å². The van der Waals surface area contributed by atoms with Crippen molar-refractivity contribution >= 4 is 29.2 Å². The van der Waals surface area contributed by atoms with Crippen molar-refractivity contribution in [3.8, 4) is 0 Å². The Bertz CT molecular complexity index is 330. The molecule has 0 bridgehead atoms. The van der Waals surface area contributed by atoms with Crippen LogP contribution in [0.5, 0.6) is 0 Å². The SMILES string of the molecule is COC(=O)c1cnc(CCl)nc1Cl. The van der Waals surface area contributed by atoms with Crippen LogP contribution in [-0.2, 0) is 10.6 Å². The normalized spacial score (nSPS) is 9.77. The molecule has 1 aromatic heterocycles. The highest BCUT2D eigenvalue weighted by Gasteiger charge is 2.12. The first-order valence-corrected chi connectivity index (χ1v) is 4.26. The van der Waals surface area contributed by atoms with Crippen molar-refractivity contribution in [1.29, 1.82) is 0 Å². The molecule has 0 saturated carbocycles. The number of esters is 1. The number of carbonyl (C=O) groups is 1. The number of nitrogens with zero attached hydrogens (tertiary/aromatic N) is 2. The first-order chi connectivity index (χ1) is 6.19. The van der Waals surface area contributed by atoms with Crippen molar-refractivity contribution in [2.75, 3.05) is 7.11 Å². The number of methoxy groups -OCH3 is 1. The van der Waals surface area contributed by atoms with Crippen molar-refractivity contribution in [3.63, 3.8) is 0 Å². The summed E-state index contributed by atoms with van der Waals surface area (Å²) in [5, 5.41) is 0.0532. The monoisotopic (exact) mass is 220 g/mol. The fourth-order valence-corrected chi connectivity index (χ4v) is 1.06. The number of hydrogen-bond acceptors (Lipinski definition) is 4. The largest absolute Gasteiger partial charge is 0.465 e. The van der Waals surface area contributed by atoms with Crippen molar-refractivity contribution in [1.82, 2.24) is 9.97 Å². The second-order valence-corrected chi connectivity index (χ2v) is 2.74. The first-order valence-electron chi connectivity index (χ1n) is 3.34. The number of carbonyl (C=O) groups excluding carboxylic acids is 1. The molecular weight excluding hydrogens is 215 g/mol. The van der Waals surface area contributed by atoms with E-state index in [-0.39, 0.29) is 16.6 Å². The maximum absolute atomic E-state index is 11.0. The maximum Gasteiger partial charge on any atom is 0.342 e. The molecule has 0 radical (unpaired) electrons. The summed E-state index contributed by atoms with van der Waals surface area (Å²) in [4.78, 5) is 18.6. The van der Waals surface area contributed by atoms with Crippen LogP contribution in [0.1, 0.15) is 16.2 Å². The molecule has 0 atom stereocenters. The van der Waals surface area contributed by atoms with Crippen LogP contribution in [0.2, 0.25) is 5.15 Å². The van der Waals surface area contributed by atoms with Gasteiger partial charge in [0.2, 0.25) is 0 Å². The first kappa shape index (κ1) is 10.2. The number of aromatic nitrogens is 2. The molecule has 0 saturated heterocycles. The molecular formula is C7H6Cl2N2O2. The minimum atomic E-state index is -0.564. The van der Waals surface area contributed by atoms with Gasteiger partial charge in [-0.3, -0.25) is 0 Å².